The lowest BCUT2D eigenvalue weighted by Gasteiger charge is -2.23. The maximum absolute atomic E-state index is 12.1. The molecule has 0 aromatic heterocycles. The molecular formula is C14H15NO4S. The maximum atomic E-state index is 12.1. The van der Waals surface area contributed by atoms with Crippen LogP contribution >= 0.6 is 0 Å². The molecule has 2 aliphatic heterocycles. The van der Waals surface area contributed by atoms with E-state index in [2.05, 4.69) is 0 Å². The Labute approximate surface area is 117 Å². The lowest BCUT2D eigenvalue weighted by Crippen LogP contribution is -2.36. The molecule has 106 valence electrons. The molecule has 0 unspecified atom stereocenters. The van der Waals surface area contributed by atoms with Crippen LogP contribution in [0.1, 0.15) is 23.7 Å². The van der Waals surface area contributed by atoms with E-state index in [-0.39, 0.29) is 41.6 Å². The minimum Gasteiger partial charge on any atom is -0.308 e. The number of sulfone groups is 1. The van der Waals surface area contributed by atoms with Crippen LogP contribution in [0.5, 0.6) is 0 Å². The molecule has 0 spiro atoms. The molecule has 20 heavy (non-hydrogen) atoms. The molecule has 5 nitrogen and oxygen atoms in total. The van der Waals surface area contributed by atoms with Crippen molar-refractivity contribution in [3.63, 3.8) is 0 Å². The summed E-state index contributed by atoms with van der Waals surface area (Å²) in [6, 6.07) is 6.53. The molecule has 0 bridgehead atoms. The lowest BCUT2D eigenvalue weighted by atomic mass is 10.0. The van der Waals surface area contributed by atoms with Gasteiger partial charge in [-0.15, -0.1) is 0 Å². The minimum atomic E-state index is -3.06. The zero-order valence-corrected chi connectivity index (χ0v) is 11.9. The number of carbonyl (C=O) groups excluding carboxylic acids is 2. The molecule has 0 saturated carbocycles. The molecule has 1 amide bonds. The van der Waals surface area contributed by atoms with E-state index in [1.54, 1.807) is 29.2 Å². The summed E-state index contributed by atoms with van der Waals surface area (Å²) in [7, 11) is -3.06. The van der Waals surface area contributed by atoms with Gasteiger partial charge in [0.2, 0.25) is 5.91 Å². The van der Waals surface area contributed by atoms with E-state index >= 15 is 0 Å². The SMILES string of the molecule is CC(=O)c1cccc(N2C(=O)C[C@@H]3CS(=O)(=O)C[C@H]32)c1. The Hall–Kier alpha value is -1.69. The summed E-state index contributed by atoms with van der Waals surface area (Å²) in [5.41, 5.74) is 1.15. The number of rotatable bonds is 2. The van der Waals surface area contributed by atoms with Crippen molar-refractivity contribution in [2.24, 2.45) is 5.92 Å². The van der Waals surface area contributed by atoms with Crippen molar-refractivity contribution in [1.82, 2.24) is 0 Å². The molecule has 2 aliphatic rings. The van der Waals surface area contributed by atoms with Crippen molar-refractivity contribution in [1.29, 1.82) is 0 Å². The maximum Gasteiger partial charge on any atom is 0.227 e. The highest BCUT2D eigenvalue weighted by molar-refractivity contribution is 7.91. The standard InChI is InChI=1S/C14H15NO4S/c1-9(16)10-3-2-4-12(5-10)15-13-8-20(18,19)7-11(13)6-14(15)17/h2-5,11,13H,6-8H2,1H3/t11-,13-/m1/s1. The number of anilines is 1. The molecule has 2 atom stereocenters. The topological polar surface area (TPSA) is 71.5 Å². The smallest absolute Gasteiger partial charge is 0.227 e. The fourth-order valence-corrected chi connectivity index (χ4v) is 5.17. The second-order valence-electron chi connectivity index (χ2n) is 5.48. The van der Waals surface area contributed by atoms with Crippen LogP contribution < -0.4 is 4.90 Å². The lowest BCUT2D eigenvalue weighted by molar-refractivity contribution is -0.117. The first-order chi connectivity index (χ1) is 9.37. The quantitative estimate of drug-likeness (QED) is 0.764. The van der Waals surface area contributed by atoms with Crippen LogP contribution in [0.3, 0.4) is 0 Å². The first-order valence-electron chi connectivity index (χ1n) is 6.51. The normalized spacial score (nSPS) is 27.6. The number of carbonyl (C=O) groups is 2. The van der Waals surface area contributed by atoms with Crippen LogP contribution in [-0.2, 0) is 14.6 Å². The van der Waals surface area contributed by atoms with Crippen LogP contribution in [0, 0.1) is 5.92 Å². The van der Waals surface area contributed by atoms with Crippen molar-refractivity contribution >= 4 is 27.2 Å². The Balaban J connectivity index is 1.99. The van der Waals surface area contributed by atoms with Gasteiger partial charge in [0.25, 0.3) is 0 Å². The molecule has 2 fully saturated rings. The van der Waals surface area contributed by atoms with Crippen molar-refractivity contribution in [3.8, 4) is 0 Å². The van der Waals surface area contributed by atoms with Gasteiger partial charge in [0.05, 0.1) is 17.5 Å². The number of ketones is 1. The van der Waals surface area contributed by atoms with Gasteiger partial charge >= 0.3 is 0 Å². The molecule has 2 heterocycles. The van der Waals surface area contributed by atoms with E-state index < -0.39 is 9.84 Å². The summed E-state index contributed by atoms with van der Waals surface area (Å²) < 4.78 is 23.4. The van der Waals surface area contributed by atoms with Crippen molar-refractivity contribution in [2.45, 2.75) is 19.4 Å². The Bertz CT molecular complexity index is 695. The fourth-order valence-electron chi connectivity index (χ4n) is 3.10. The van der Waals surface area contributed by atoms with E-state index in [1.165, 1.54) is 6.92 Å². The number of benzene rings is 1. The monoisotopic (exact) mass is 293 g/mol. The summed E-state index contributed by atoms with van der Waals surface area (Å²) in [4.78, 5) is 25.1. The van der Waals surface area contributed by atoms with Crippen LogP contribution in [0.15, 0.2) is 24.3 Å². The Morgan fingerprint density at radius 3 is 2.75 bits per heavy atom. The zero-order valence-electron chi connectivity index (χ0n) is 11.1. The van der Waals surface area contributed by atoms with E-state index in [4.69, 9.17) is 0 Å². The molecule has 0 radical (unpaired) electrons. The molecule has 2 saturated heterocycles. The summed E-state index contributed by atoms with van der Waals surface area (Å²) in [5, 5.41) is 0. The second kappa shape index (κ2) is 4.41. The summed E-state index contributed by atoms with van der Waals surface area (Å²) in [5.74, 6) is -0.141. The van der Waals surface area contributed by atoms with E-state index in [9.17, 15) is 18.0 Å². The first-order valence-corrected chi connectivity index (χ1v) is 8.33. The zero-order chi connectivity index (χ0) is 14.5. The van der Waals surface area contributed by atoms with Gasteiger partial charge in [0.1, 0.15) is 0 Å². The van der Waals surface area contributed by atoms with Crippen LogP contribution in [0.4, 0.5) is 5.69 Å². The molecule has 3 rings (SSSR count). The van der Waals surface area contributed by atoms with Gasteiger partial charge < -0.3 is 4.90 Å². The largest absolute Gasteiger partial charge is 0.308 e. The number of amides is 1. The summed E-state index contributed by atoms with van der Waals surface area (Å²) in [6.45, 7) is 1.47. The Morgan fingerprint density at radius 2 is 2.05 bits per heavy atom. The van der Waals surface area contributed by atoms with Crippen LogP contribution in [0.25, 0.3) is 0 Å². The first kappa shape index (κ1) is 13.3. The number of Topliss-reactive ketones (excluding diaryl/α,β-unsaturated/α-hetero) is 1. The van der Waals surface area contributed by atoms with E-state index in [0.717, 1.165) is 0 Å². The van der Waals surface area contributed by atoms with Gasteiger partial charge in [-0.2, -0.15) is 0 Å². The third kappa shape index (κ3) is 2.14. The number of hydrogen-bond donors (Lipinski definition) is 0. The van der Waals surface area contributed by atoms with Gasteiger partial charge in [-0.05, 0) is 19.1 Å². The molecule has 0 N–H and O–H groups in total. The Kier molecular flexibility index (Phi) is 2.93. The molecular weight excluding hydrogens is 278 g/mol. The van der Waals surface area contributed by atoms with Crippen LogP contribution in [-0.4, -0.2) is 37.7 Å². The van der Waals surface area contributed by atoms with Crippen LogP contribution in [0.2, 0.25) is 0 Å². The highest BCUT2D eigenvalue weighted by Crippen LogP contribution is 2.37. The van der Waals surface area contributed by atoms with Gasteiger partial charge in [-0.1, -0.05) is 12.1 Å². The highest BCUT2D eigenvalue weighted by atomic mass is 32.2. The third-order valence-electron chi connectivity index (χ3n) is 4.00. The van der Waals surface area contributed by atoms with Gasteiger partial charge in [0.15, 0.2) is 15.6 Å². The third-order valence-corrected chi connectivity index (χ3v) is 5.79. The van der Waals surface area contributed by atoms with Crippen molar-refractivity contribution < 1.29 is 18.0 Å². The van der Waals surface area contributed by atoms with Crippen molar-refractivity contribution in [2.75, 3.05) is 16.4 Å². The molecule has 6 heteroatoms. The summed E-state index contributed by atoms with van der Waals surface area (Å²) in [6.07, 6.45) is 0.272. The number of hydrogen-bond acceptors (Lipinski definition) is 4. The predicted octanol–water partition coefficient (Wildman–Crippen LogP) is 1.04. The van der Waals surface area contributed by atoms with Crippen molar-refractivity contribution in [3.05, 3.63) is 29.8 Å². The average Bonchev–Trinajstić information content (AvgIpc) is 2.79. The minimum absolute atomic E-state index is 0.0215. The van der Waals surface area contributed by atoms with E-state index in [0.29, 0.717) is 11.3 Å². The molecule has 1 aromatic carbocycles. The average molecular weight is 293 g/mol. The predicted molar refractivity (Wildman–Crippen MR) is 74.5 cm³/mol. The highest BCUT2D eigenvalue weighted by Gasteiger charge is 2.49. The fraction of sp³-hybridized carbons (Fsp3) is 0.429. The Morgan fingerprint density at radius 1 is 1.30 bits per heavy atom. The van der Waals surface area contributed by atoms with Gasteiger partial charge in [-0.25, -0.2) is 8.42 Å². The second-order valence-corrected chi connectivity index (χ2v) is 7.63. The van der Waals surface area contributed by atoms with E-state index in [1.807, 2.05) is 0 Å². The molecule has 0 aliphatic carbocycles. The summed E-state index contributed by atoms with van der Waals surface area (Å²) >= 11 is 0. The van der Waals surface area contributed by atoms with Gasteiger partial charge in [0, 0.05) is 23.6 Å². The molecule has 1 aromatic rings. The number of fused-ring (bicyclic) bond motifs is 1. The van der Waals surface area contributed by atoms with Gasteiger partial charge in [-0.3, -0.25) is 9.59 Å². The number of nitrogens with zero attached hydrogens (tertiary/aromatic N) is 1.